The molecule has 0 aliphatic heterocycles. The van der Waals surface area contributed by atoms with E-state index in [0.29, 0.717) is 0 Å². The van der Waals surface area contributed by atoms with Crippen molar-refractivity contribution in [2.24, 2.45) is 11.7 Å². The average molecular weight is 197 g/mol. The second kappa shape index (κ2) is 2.87. The highest BCUT2D eigenvalue weighted by molar-refractivity contribution is 5.72. The Morgan fingerprint density at radius 3 is 2.38 bits per heavy atom. The highest BCUT2D eigenvalue weighted by Gasteiger charge is 2.61. The number of hydrogen-bond acceptors (Lipinski definition) is 2. The zero-order chi connectivity index (χ0) is 10.3. The van der Waals surface area contributed by atoms with E-state index in [0.717, 1.165) is 0 Å². The Balaban J connectivity index is 2.95. The summed E-state index contributed by atoms with van der Waals surface area (Å²) >= 11 is 0. The fourth-order valence-electron chi connectivity index (χ4n) is 1.71. The maximum atomic E-state index is 12.4. The van der Waals surface area contributed by atoms with Crippen LogP contribution in [0.3, 0.4) is 0 Å². The number of carboxylic acid groups (broad SMARTS) is 1. The quantitative estimate of drug-likeness (QED) is 0.662. The van der Waals surface area contributed by atoms with Crippen molar-refractivity contribution in [2.45, 2.75) is 31.0 Å². The second-order valence-electron chi connectivity index (χ2n) is 3.32. The number of carbonyl (C=O) groups is 1. The van der Waals surface area contributed by atoms with Crippen molar-refractivity contribution < 1.29 is 23.1 Å². The molecule has 0 amide bonds. The van der Waals surface area contributed by atoms with Gasteiger partial charge in [-0.15, -0.1) is 0 Å². The molecule has 2 atom stereocenters. The summed E-state index contributed by atoms with van der Waals surface area (Å²) in [6, 6.07) is 0. The van der Waals surface area contributed by atoms with E-state index in [1.807, 2.05) is 0 Å². The number of nitrogens with two attached hydrogens (primary N) is 1. The summed E-state index contributed by atoms with van der Waals surface area (Å²) in [5.41, 5.74) is 2.55. The summed E-state index contributed by atoms with van der Waals surface area (Å²) in [6.45, 7) is 0. The van der Waals surface area contributed by atoms with Gasteiger partial charge in [0.25, 0.3) is 0 Å². The molecule has 3 nitrogen and oxygen atoms in total. The van der Waals surface area contributed by atoms with Gasteiger partial charge in [0.1, 0.15) is 5.54 Å². The van der Waals surface area contributed by atoms with Crippen molar-refractivity contribution in [1.82, 2.24) is 0 Å². The molecule has 76 valence electrons. The number of aliphatic carboxylic acids is 1. The molecule has 1 saturated carbocycles. The van der Waals surface area contributed by atoms with Crippen LogP contribution in [0.2, 0.25) is 0 Å². The number of alkyl halides is 3. The molecule has 0 aromatic carbocycles. The van der Waals surface area contributed by atoms with Crippen LogP contribution in [0, 0.1) is 5.92 Å². The van der Waals surface area contributed by atoms with Gasteiger partial charge in [0.2, 0.25) is 0 Å². The second-order valence-corrected chi connectivity index (χ2v) is 3.32. The summed E-state index contributed by atoms with van der Waals surface area (Å²) in [4.78, 5) is 10.5. The lowest BCUT2D eigenvalue weighted by molar-refractivity contribution is -0.201. The molecule has 0 saturated heterocycles. The van der Waals surface area contributed by atoms with Crippen molar-refractivity contribution in [1.29, 1.82) is 0 Å². The van der Waals surface area contributed by atoms with Gasteiger partial charge >= 0.3 is 12.1 Å². The van der Waals surface area contributed by atoms with Crippen LogP contribution in [0.1, 0.15) is 19.3 Å². The van der Waals surface area contributed by atoms with Crippen molar-refractivity contribution in [2.75, 3.05) is 0 Å². The van der Waals surface area contributed by atoms with Gasteiger partial charge in [-0.1, -0.05) is 6.42 Å². The molecule has 13 heavy (non-hydrogen) atoms. The molecule has 0 aromatic rings. The first-order chi connectivity index (χ1) is 5.79. The number of halogens is 3. The highest BCUT2D eigenvalue weighted by Crippen LogP contribution is 2.44. The SMILES string of the molecule is N[C@]1(C(F)(F)F)CCC[C@@H]1C(=O)O. The minimum Gasteiger partial charge on any atom is -0.481 e. The van der Waals surface area contributed by atoms with E-state index >= 15 is 0 Å². The maximum Gasteiger partial charge on any atom is 0.407 e. The average Bonchev–Trinajstić information content (AvgIpc) is 2.30. The smallest absolute Gasteiger partial charge is 0.407 e. The Morgan fingerprint density at radius 1 is 1.54 bits per heavy atom. The van der Waals surface area contributed by atoms with Gasteiger partial charge < -0.3 is 10.8 Å². The number of hydrogen-bond donors (Lipinski definition) is 2. The van der Waals surface area contributed by atoms with Crippen molar-refractivity contribution >= 4 is 5.97 Å². The first-order valence-electron chi connectivity index (χ1n) is 3.87. The van der Waals surface area contributed by atoms with Crippen LogP contribution in [0.15, 0.2) is 0 Å². The zero-order valence-electron chi connectivity index (χ0n) is 6.77. The van der Waals surface area contributed by atoms with Gasteiger partial charge in [-0.2, -0.15) is 13.2 Å². The van der Waals surface area contributed by atoms with Crippen LogP contribution in [-0.2, 0) is 4.79 Å². The number of rotatable bonds is 1. The van der Waals surface area contributed by atoms with Gasteiger partial charge in [-0.05, 0) is 12.8 Å². The molecule has 1 rings (SSSR count). The van der Waals surface area contributed by atoms with E-state index in [1.165, 1.54) is 0 Å². The molecule has 1 aliphatic rings. The fourth-order valence-corrected chi connectivity index (χ4v) is 1.71. The van der Waals surface area contributed by atoms with Crippen LogP contribution in [0.25, 0.3) is 0 Å². The highest BCUT2D eigenvalue weighted by atomic mass is 19.4. The topological polar surface area (TPSA) is 63.3 Å². The van der Waals surface area contributed by atoms with E-state index in [2.05, 4.69) is 0 Å². The number of carboxylic acids is 1. The molecule has 0 heterocycles. The fraction of sp³-hybridized carbons (Fsp3) is 0.857. The van der Waals surface area contributed by atoms with E-state index in [1.54, 1.807) is 0 Å². The Labute approximate surface area is 72.7 Å². The Kier molecular flexibility index (Phi) is 2.27. The third-order valence-electron chi connectivity index (χ3n) is 2.53. The molecule has 0 aromatic heterocycles. The molecule has 1 fully saturated rings. The predicted octanol–water partition coefficient (Wildman–Crippen LogP) is 1.13. The molecule has 0 bridgehead atoms. The normalized spacial score (nSPS) is 34.9. The van der Waals surface area contributed by atoms with E-state index in [4.69, 9.17) is 10.8 Å². The van der Waals surface area contributed by atoms with Crippen LogP contribution in [-0.4, -0.2) is 22.8 Å². The maximum absolute atomic E-state index is 12.4. The Bertz CT molecular complexity index is 228. The standard InChI is InChI=1S/C7H10F3NO2/c8-7(9,10)6(11)3-1-2-4(6)5(12)13/h4H,1-3,11H2,(H,12,13)/t4-,6-/m1/s1. The largest absolute Gasteiger partial charge is 0.481 e. The zero-order valence-corrected chi connectivity index (χ0v) is 6.77. The van der Waals surface area contributed by atoms with Crippen molar-refractivity contribution in [3.63, 3.8) is 0 Å². The lowest BCUT2D eigenvalue weighted by atomic mass is 9.87. The minimum absolute atomic E-state index is 0.00530. The van der Waals surface area contributed by atoms with Crippen LogP contribution in [0.4, 0.5) is 13.2 Å². The lowest BCUT2D eigenvalue weighted by Crippen LogP contribution is -2.58. The summed E-state index contributed by atoms with van der Waals surface area (Å²) in [5.74, 6) is -2.95. The van der Waals surface area contributed by atoms with Crippen LogP contribution >= 0.6 is 0 Å². The lowest BCUT2D eigenvalue weighted by Gasteiger charge is -2.30. The summed E-state index contributed by atoms with van der Waals surface area (Å²) in [5, 5.41) is 8.53. The van der Waals surface area contributed by atoms with Crippen LogP contribution in [0.5, 0.6) is 0 Å². The van der Waals surface area contributed by atoms with E-state index in [-0.39, 0.29) is 19.3 Å². The monoisotopic (exact) mass is 197 g/mol. The predicted molar refractivity (Wildman–Crippen MR) is 38.0 cm³/mol. The van der Waals surface area contributed by atoms with Gasteiger partial charge in [0.15, 0.2) is 0 Å². The van der Waals surface area contributed by atoms with E-state index in [9.17, 15) is 18.0 Å². The van der Waals surface area contributed by atoms with Gasteiger partial charge in [-0.3, -0.25) is 4.79 Å². The van der Waals surface area contributed by atoms with Crippen molar-refractivity contribution in [3.05, 3.63) is 0 Å². The first-order valence-corrected chi connectivity index (χ1v) is 3.87. The molecule has 3 N–H and O–H groups in total. The minimum atomic E-state index is -4.63. The summed E-state index contributed by atoms with van der Waals surface area (Å²) < 4.78 is 37.1. The van der Waals surface area contributed by atoms with E-state index < -0.39 is 23.6 Å². The van der Waals surface area contributed by atoms with Gasteiger partial charge in [-0.25, -0.2) is 0 Å². The van der Waals surface area contributed by atoms with Crippen LogP contribution < -0.4 is 5.73 Å². The third-order valence-corrected chi connectivity index (χ3v) is 2.53. The summed E-state index contributed by atoms with van der Waals surface area (Å²) in [6.07, 6.45) is -4.71. The molecule has 0 unspecified atom stereocenters. The molecule has 1 aliphatic carbocycles. The molecule has 0 radical (unpaired) electrons. The first kappa shape index (κ1) is 10.3. The molecule has 6 heteroatoms. The van der Waals surface area contributed by atoms with Gasteiger partial charge in [0.05, 0.1) is 5.92 Å². The Hall–Kier alpha value is -0.780. The molecular formula is C7H10F3NO2. The molecular weight excluding hydrogens is 187 g/mol. The third kappa shape index (κ3) is 1.50. The van der Waals surface area contributed by atoms with Crippen molar-refractivity contribution in [3.8, 4) is 0 Å². The Morgan fingerprint density at radius 2 is 2.08 bits per heavy atom. The molecule has 0 spiro atoms. The van der Waals surface area contributed by atoms with Gasteiger partial charge in [0, 0.05) is 0 Å². The summed E-state index contributed by atoms with van der Waals surface area (Å²) in [7, 11) is 0.